The van der Waals surface area contributed by atoms with E-state index in [1.807, 2.05) is 29.7 Å². The van der Waals surface area contributed by atoms with Gasteiger partial charge in [-0.15, -0.1) is 0 Å². The van der Waals surface area contributed by atoms with Crippen molar-refractivity contribution in [3.05, 3.63) is 47.5 Å². The van der Waals surface area contributed by atoms with Crippen molar-refractivity contribution in [2.75, 3.05) is 13.7 Å². The van der Waals surface area contributed by atoms with E-state index >= 15 is 0 Å². The van der Waals surface area contributed by atoms with Gasteiger partial charge in [0.15, 0.2) is 5.82 Å². The van der Waals surface area contributed by atoms with Gasteiger partial charge in [0.25, 0.3) is 5.91 Å². The Morgan fingerprint density at radius 3 is 3.08 bits per heavy atom. The molecule has 0 bridgehead atoms. The summed E-state index contributed by atoms with van der Waals surface area (Å²) in [5.74, 6) is 0.616. The molecule has 3 rings (SSSR count). The lowest BCUT2D eigenvalue weighted by molar-refractivity contribution is 0.0928. The van der Waals surface area contributed by atoms with Crippen LogP contribution in [0.15, 0.2) is 29.0 Å². The Labute approximate surface area is 138 Å². The first-order chi connectivity index (χ1) is 11.6. The number of ether oxygens (including phenoxy) is 1. The number of aryl methyl sites for hydroxylation is 1. The van der Waals surface area contributed by atoms with Crippen LogP contribution in [0.5, 0.6) is 0 Å². The Bertz CT molecular complexity index is 854. The van der Waals surface area contributed by atoms with Gasteiger partial charge in [-0.2, -0.15) is 4.98 Å². The molecule has 0 aromatic carbocycles. The SMILES string of the molecule is COCCc1noc(C(C)NC(=O)c2cn3ccc(C)cc3n2)n1. The number of fused-ring (bicyclic) bond motifs is 1. The largest absolute Gasteiger partial charge is 0.384 e. The number of rotatable bonds is 6. The molecule has 1 unspecified atom stereocenters. The Hall–Kier alpha value is -2.74. The van der Waals surface area contributed by atoms with Gasteiger partial charge >= 0.3 is 0 Å². The third-order valence-corrected chi connectivity index (χ3v) is 3.58. The third kappa shape index (κ3) is 3.43. The van der Waals surface area contributed by atoms with Crippen molar-refractivity contribution >= 4 is 11.6 Å². The van der Waals surface area contributed by atoms with Crippen LogP contribution in [0.4, 0.5) is 0 Å². The fourth-order valence-corrected chi connectivity index (χ4v) is 2.26. The van der Waals surface area contributed by atoms with Gasteiger partial charge in [-0.05, 0) is 31.5 Å². The molecule has 1 amide bonds. The van der Waals surface area contributed by atoms with Crippen LogP contribution in [-0.4, -0.2) is 39.1 Å². The van der Waals surface area contributed by atoms with Crippen LogP contribution in [0.1, 0.15) is 40.7 Å². The maximum atomic E-state index is 12.4. The summed E-state index contributed by atoms with van der Waals surface area (Å²) in [6.07, 6.45) is 4.12. The topological polar surface area (TPSA) is 94.6 Å². The molecule has 1 atom stereocenters. The molecule has 0 spiro atoms. The van der Waals surface area contributed by atoms with Crippen LogP contribution >= 0.6 is 0 Å². The monoisotopic (exact) mass is 329 g/mol. The van der Waals surface area contributed by atoms with Gasteiger partial charge in [0.1, 0.15) is 17.4 Å². The number of hydrogen-bond acceptors (Lipinski definition) is 6. The molecule has 0 saturated carbocycles. The standard InChI is InChI=1S/C16H19N5O3/c1-10-4-6-21-9-12(18-14(21)8-10)15(22)17-11(2)16-19-13(20-24-16)5-7-23-3/h4,6,8-9,11H,5,7H2,1-3H3,(H,17,22). The Kier molecular flexibility index (Phi) is 4.57. The maximum absolute atomic E-state index is 12.4. The summed E-state index contributed by atoms with van der Waals surface area (Å²) in [7, 11) is 1.61. The number of carbonyl (C=O) groups is 1. The molecule has 24 heavy (non-hydrogen) atoms. The van der Waals surface area contributed by atoms with Crippen LogP contribution in [0.2, 0.25) is 0 Å². The first kappa shape index (κ1) is 16.1. The molecule has 0 saturated heterocycles. The lowest BCUT2D eigenvalue weighted by Crippen LogP contribution is -2.27. The number of hydrogen-bond donors (Lipinski definition) is 1. The average molecular weight is 329 g/mol. The lowest BCUT2D eigenvalue weighted by Gasteiger charge is -2.07. The van der Waals surface area contributed by atoms with Crippen LogP contribution < -0.4 is 5.32 Å². The van der Waals surface area contributed by atoms with Gasteiger partial charge < -0.3 is 19.0 Å². The predicted octanol–water partition coefficient (Wildman–Crippen LogP) is 1.71. The molecular weight excluding hydrogens is 310 g/mol. The van der Waals surface area contributed by atoms with Crippen molar-refractivity contribution in [3.8, 4) is 0 Å². The maximum Gasteiger partial charge on any atom is 0.272 e. The highest BCUT2D eigenvalue weighted by Gasteiger charge is 2.19. The number of aromatic nitrogens is 4. The van der Waals surface area contributed by atoms with E-state index in [0.29, 0.717) is 30.4 Å². The summed E-state index contributed by atoms with van der Waals surface area (Å²) in [6.45, 7) is 4.28. The second-order valence-electron chi connectivity index (χ2n) is 5.58. The van der Waals surface area contributed by atoms with Crippen LogP contribution in [0, 0.1) is 6.92 Å². The van der Waals surface area contributed by atoms with Crippen molar-refractivity contribution in [3.63, 3.8) is 0 Å². The number of nitrogens with one attached hydrogen (secondary N) is 1. The summed E-state index contributed by atoms with van der Waals surface area (Å²) >= 11 is 0. The second kappa shape index (κ2) is 6.79. The summed E-state index contributed by atoms with van der Waals surface area (Å²) in [5, 5.41) is 6.68. The third-order valence-electron chi connectivity index (χ3n) is 3.58. The molecule has 8 nitrogen and oxygen atoms in total. The van der Waals surface area contributed by atoms with Crippen molar-refractivity contribution in [1.82, 2.24) is 24.8 Å². The van der Waals surface area contributed by atoms with Crippen molar-refractivity contribution in [1.29, 1.82) is 0 Å². The van der Waals surface area contributed by atoms with E-state index in [1.165, 1.54) is 0 Å². The van der Waals surface area contributed by atoms with E-state index in [2.05, 4.69) is 20.4 Å². The molecule has 0 aliphatic heterocycles. The van der Waals surface area contributed by atoms with Crippen molar-refractivity contribution in [2.24, 2.45) is 0 Å². The second-order valence-corrected chi connectivity index (χ2v) is 5.58. The van der Waals surface area contributed by atoms with E-state index in [-0.39, 0.29) is 5.91 Å². The zero-order valence-corrected chi connectivity index (χ0v) is 13.8. The summed E-state index contributed by atoms with van der Waals surface area (Å²) in [6, 6.07) is 3.46. The van der Waals surface area contributed by atoms with Crippen LogP contribution in [0.25, 0.3) is 5.65 Å². The Morgan fingerprint density at radius 2 is 2.29 bits per heavy atom. The molecule has 0 fully saturated rings. The molecular formula is C16H19N5O3. The highest BCUT2D eigenvalue weighted by Crippen LogP contribution is 2.12. The zero-order valence-electron chi connectivity index (χ0n) is 13.8. The van der Waals surface area contributed by atoms with Gasteiger partial charge in [0.2, 0.25) is 5.89 Å². The molecule has 126 valence electrons. The number of imidazole rings is 1. The number of amides is 1. The molecule has 0 aliphatic rings. The Balaban J connectivity index is 1.69. The van der Waals surface area contributed by atoms with Crippen molar-refractivity contribution < 1.29 is 14.1 Å². The molecule has 3 heterocycles. The first-order valence-corrected chi connectivity index (χ1v) is 7.64. The quantitative estimate of drug-likeness (QED) is 0.740. The van der Waals surface area contributed by atoms with E-state index in [9.17, 15) is 4.79 Å². The summed E-state index contributed by atoms with van der Waals surface area (Å²) in [5.41, 5.74) is 2.15. The Morgan fingerprint density at radius 1 is 1.46 bits per heavy atom. The average Bonchev–Trinajstić information content (AvgIpc) is 3.19. The minimum Gasteiger partial charge on any atom is -0.384 e. The smallest absolute Gasteiger partial charge is 0.272 e. The highest BCUT2D eigenvalue weighted by atomic mass is 16.5. The normalized spacial score (nSPS) is 12.5. The molecule has 0 radical (unpaired) electrons. The van der Waals surface area contributed by atoms with E-state index in [4.69, 9.17) is 9.26 Å². The zero-order chi connectivity index (χ0) is 17.1. The minimum atomic E-state index is -0.409. The van der Waals surface area contributed by atoms with E-state index in [0.717, 1.165) is 11.2 Å². The van der Waals surface area contributed by atoms with Gasteiger partial charge in [-0.3, -0.25) is 4.79 Å². The summed E-state index contributed by atoms with van der Waals surface area (Å²) < 4.78 is 12.0. The minimum absolute atomic E-state index is 0.291. The number of pyridine rings is 1. The number of nitrogens with zero attached hydrogens (tertiary/aromatic N) is 4. The van der Waals surface area contributed by atoms with Crippen LogP contribution in [-0.2, 0) is 11.2 Å². The fraction of sp³-hybridized carbons (Fsp3) is 0.375. The molecule has 1 N–H and O–H groups in total. The fourth-order valence-electron chi connectivity index (χ4n) is 2.26. The van der Waals surface area contributed by atoms with E-state index < -0.39 is 6.04 Å². The van der Waals surface area contributed by atoms with Gasteiger partial charge in [0.05, 0.1) is 6.61 Å². The van der Waals surface area contributed by atoms with Gasteiger partial charge in [-0.25, -0.2) is 4.98 Å². The predicted molar refractivity (Wildman–Crippen MR) is 85.7 cm³/mol. The van der Waals surface area contributed by atoms with Gasteiger partial charge in [-0.1, -0.05) is 5.16 Å². The molecule has 0 aliphatic carbocycles. The highest BCUT2D eigenvalue weighted by molar-refractivity contribution is 5.93. The lowest BCUT2D eigenvalue weighted by atomic mass is 10.3. The number of methoxy groups -OCH3 is 1. The van der Waals surface area contributed by atoms with Crippen molar-refractivity contribution in [2.45, 2.75) is 26.3 Å². The number of carbonyl (C=O) groups excluding carboxylic acids is 1. The molecule has 8 heteroatoms. The first-order valence-electron chi connectivity index (χ1n) is 7.64. The summed E-state index contributed by atoms with van der Waals surface area (Å²) in [4.78, 5) is 20.9. The molecule has 3 aromatic heterocycles. The van der Waals surface area contributed by atoms with E-state index in [1.54, 1.807) is 20.2 Å². The molecule has 3 aromatic rings. The van der Waals surface area contributed by atoms with Crippen LogP contribution in [0.3, 0.4) is 0 Å². The van der Waals surface area contributed by atoms with Gasteiger partial charge in [0, 0.05) is 25.9 Å².